The van der Waals surface area contributed by atoms with Crippen molar-refractivity contribution in [1.29, 1.82) is 0 Å². The van der Waals surface area contributed by atoms with Crippen molar-refractivity contribution in [3.05, 3.63) is 50.3 Å². The Balaban J connectivity index is 2.61. The van der Waals surface area contributed by atoms with Crippen molar-refractivity contribution < 1.29 is 9.34 Å². The molecule has 0 aliphatic rings. The summed E-state index contributed by atoms with van der Waals surface area (Å²) in [5.74, 6) is 0.512. The molecule has 2 rings (SSSR count). The molecule has 0 saturated carbocycles. The number of nitro benzene ring substituents is 1. The summed E-state index contributed by atoms with van der Waals surface area (Å²) in [5.41, 5.74) is 0.572. The van der Waals surface area contributed by atoms with Gasteiger partial charge in [0.1, 0.15) is 5.76 Å². The van der Waals surface area contributed by atoms with Crippen LogP contribution in [-0.4, -0.2) is 4.92 Å². The van der Waals surface area contributed by atoms with Gasteiger partial charge in [-0.1, -0.05) is 0 Å². The number of halogens is 1. The molecule has 15 heavy (non-hydrogen) atoms. The Bertz CT molecular complexity index is 493. The predicted octanol–water partition coefficient (Wildman–Crippen LogP) is 3.46. The van der Waals surface area contributed by atoms with E-state index in [2.05, 4.69) is 0 Å². The van der Waals surface area contributed by atoms with Gasteiger partial charge in [-0.15, -0.1) is 0 Å². The zero-order valence-electron chi connectivity index (χ0n) is 7.51. The first-order valence-corrected chi connectivity index (χ1v) is 5.24. The molecule has 0 bridgehead atoms. The summed E-state index contributed by atoms with van der Waals surface area (Å²) >= 11 is 2.04. The highest BCUT2D eigenvalue weighted by Crippen LogP contribution is 2.31. The van der Waals surface area contributed by atoms with E-state index in [0.29, 0.717) is 11.3 Å². The second kappa shape index (κ2) is 4.01. The maximum atomic E-state index is 10.8. The highest BCUT2D eigenvalue weighted by atomic mass is 127. The topological polar surface area (TPSA) is 56.3 Å². The molecule has 0 atom stereocenters. The summed E-state index contributed by atoms with van der Waals surface area (Å²) in [7, 11) is 0. The lowest BCUT2D eigenvalue weighted by molar-refractivity contribution is -0.384. The maximum Gasteiger partial charge on any atom is 0.281 e. The van der Waals surface area contributed by atoms with Crippen LogP contribution < -0.4 is 0 Å². The highest BCUT2D eigenvalue weighted by Gasteiger charge is 2.17. The van der Waals surface area contributed by atoms with Gasteiger partial charge in [-0.3, -0.25) is 10.1 Å². The van der Waals surface area contributed by atoms with Crippen molar-refractivity contribution in [3.8, 4) is 11.3 Å². The first kappa shape index (κ1) is 10.2. The van der Waals surface area contributed by atoms with E-state index in [1.54, 1.807) is 18.2 Å². The summed E-state index contributed by atoms with van der Waals surface area (Å²) in [4.78, 5) is 10.4. The molecule has 76 valence electrons. The molecular formula is C10H6INO3. The summed E-state index contributed by atoms with van der Waals surface area (Å²) in [5, 5.41) is 10.8. The van der Waals surface area contributed by atoms with Gasteiger partial charge in [0.05, 0.1) is 16.7 Å². The fourth-order valence-corrected chi connectivity index (χ4v) is 1.77. The Labute approximate surface area is 99.2 Å². The molecule has 1 aromatic heterocycles. The van der Waals surface area contributed by atoms with E-state index in [1.165, 1.54) is 12.3 Å². The number of hydrogen-bond acceptors (Lipinski definition) is 3. The monoisotopic (exact) mass is 315 g/mol. The SMILES string of the molecule is O=[N+]([O-])c1cc(I)ccc1-c1ccco1. The Morgan fingerprint density at radius 3 is 2.73 bits per heavy atom. The van der Waals surface area contributed by atoms with Gasteiger partial charge in [-0.05, 0) is 46.9 Å². The first-order valence-electron chi connectivity index (χ1n) is 4.16. The van der Waals surface area contributed by atoms with E-state index in [0.717, 1.165) is 3.57 Å². The first-order chi connectivity index (χ1) is 7.18. The van der Waals surface area contributed by atoms with Crippen LogP contribution in [0.4, 0.5) is 5.69 Å². The van der Waals surface area contributed by atoms with Crippen molar-refractivity contribution in [2.45, 2.75) is 0 Å². The largest absolute Gasteiger partial charge is 0.464 e. The molecule has 0 N–H and O–H groups in total. The maximum absolute atomic E-state index is 10.8. The molecule has 2 aromatic rings. The summed E-state index contributed by atoms with van der Waals surface area (Å²) in [6, 6.07) is 8.44. The van der Waals surface area contributed by atoms with Crippen molar-refractivity contribution in [2.24, 2.45) is 0 Å². The van der Waals surface area contributed by atoms with Gasteiger partial charge in [-0.25, -0.2) is 0 Å². The van der Waals surface area contributed by atoms with E-state index < -0.39 is 4.92 Å². The molecule has 0 radical (unpaired) electrons. The minimum absolute atomic E-state index is 0.0665. The van der Waals surface area contributed by atoms with Crippen LogP contribution in [0.25, 0.3) is 11.3 Å². The van der Waals surface area contributed by atoms with Crippen LogP contribution in [0.15, 0.2) is 41.0 Å². The van der Waals surface area contributed by atoms with Gasteiger partial charge >= 0.3 is 0 Å². The second-order valence-electron chi connectivity index (χ2n) is 2.90. The van der Waals surface area contributed by atoms with E-state index >= 15 is 0 Å². The minimum Gasteiger partial charge on any atom is -0.464 e. The van der Waals surface area contributed by atoms with Crippen LogP contribution in [0.5, 0.6) is 0 Å². The number of nitrogens with zero attached hydrogens (tertiary/aromatic N) is 1. The van der Waals surface area contributed by atoms with Crippen molar-refractivity contribution in [3.63, 3.8) is 0 Å². The molecule has 4 nitrogen and oxygen atoms in total. The second-order valence-corrected chi connectivity index (χ2v) is 4.14. The highest BCUT2D eigenvalue weighted by molar-refractivity contribution is 14.1. The zero-order chi connectivity index (χ0) is 10.8. The smallest absolute Gasteiger partial charge is 0.281 e. The lowest BCUT2D eigenvalue weighted by Gasteiger charge is -1.99. The number of furan rings is 1. The Morgan fingerprint density at radius 2 is 2.13 bits per heavy atom. The van der Waals surface area contributed by atoms with E-state index in [-0.39, 0.29) is 5.69 Å². The van der Waals surface area contributed by atoms with E-state index in [1.807, 2.05) is 28.7 Å². The van der Waals surface area contributed by atoms with Crippen LogP contribution in [-0.2, 0) is 0 Å². The van der Waals surface area contributed by atoms with Gasteiger partial charge in [0, 0.05) is 9.64 Å². The third-order valence-electron chi connectivity index (χ3n) is 1.94. The molecule has 0 aliphatic carbocycles. The van der Waals surface area contributed by atoms with Gasteiger partial charge in [0.15, 0.2) is 0 Å². The average Bonchev–Trinajstić information content (AvgIpc) is 2.70. The molecule has 0 amide bonds. The Kier molecular flexibility index (Phi) is 2.72. The standard InChI is InChI=1S/C10H6INO3/c11-7-3-4-8(9(6-7)12(13)14)10-2-1-5-15-10/h1-6H. The van der Waals surface area contributed by atoms with Gasteiger partial charge in [-0.2, -0.15) is 0 Å². The van der Waals surface area contributed by atoms with Crippen LogP contribution in [0.3, 0.4) is 0 Å². The predicted molar refractivity (Wildman–Crippen MR) is 63.5 cm³/mol. The lowest BCUT2D eigenvalue weighted by Crippen LogP contribution is -1.91. The molecule has 0 saturated heterocycles. The molecular weight excluding hydrogens is 309 g/mol. The quantitative estimate of drug-likeness (QED) is 0.484. The molecule has 0 fully saturated rings. The van der Waals surface area contributed by atoms with Gasteiger partial charge in [0.25, 0.3) is 5.69 Å². The third-order valence-corrected chi connectivity index (χ3v) is 2.61. The molecule has 0 aliphatic heterocycles. The number of rotatable bonds is 2. The molecule has 0 spiro atoms. The van der Waals surface area contributed by atoms with Crippen molar-refractivity contribution in [1.82, 2.24) is 0 Å². The number of nitro groups is 1. The average molecular weight is 315 g/mol. The Hall–Kier alpha value is -1.37. The third kappa shape index (κ3) is 2.01. The van der Waals surface area contributed by atoms with Gasteiger partial charge < -0.3 is 4.42 Å². The molecule has 1 aromatic carbocycles. The lowest BCUT2D eigenvalue weighted by atomic mass is 10.1. The van der Waals surface area contributed by atoms with Gasteiger partial charge in [0.2, 0.25) is 0 Å². The number of hydrogen-bond donors (Lipinski definition) is 0. The van der Waals surface area contributed by atoms with Crippen molar-refractivity contribution >= 4 is 28.3 Å². The van der Waals surface area contributed by atoms with E-state index in [4.69, 9.17) is 4.42 Å². The normalized spacial score (nSPS) is 10.2. The number of benzene rings is 1. The molecule has 1 heterocycles. The summed E-state index contributed by atoms with van der Waals surface area (Å²) < 4.78 is 5.97. The van der Waals surface area contributed by atoms with Crippen molar-refractivity contribution in [2.75, 3.05) is 0 Å². The fraction of sp³-hybridized carbons (Fsp3) is 0. The summed E-state index contributed by atoms with van der Waals surface area (Å²) in [6.07, 6.45) is 1.50. The van der Waals surface area contributed by atoms with Crippen LogP contribution in [0.1, 0.15) is 0 Å². The van der Waals surface area contributed by atoms with Crippen LogP contribution in [0.2, 0.25) is 0 Å². The molecule has 0 unspecified atom stereocenters. The van der Waals surface area contributed by atoms with Crippen LogP contribution >= 0.6 is 22.6 Å². The molecule has 5 heteroatoms. The van der Waals surface area contributed by atoms with Crippen LogP contribution in [0, 0.1) is 13.7 Å². The fourth-order valence-electron chi connectivity index (χ4n) is 1.30. The zero-order valence-corrected chi connectivity index (χ0v) is 9.67. The summed E-state index contributed by atoms with van der Waals surface area (Å²) in [6.45, 7) is 0. The van der Waals surface area contributed by atoms with E-state index in [9.17, 15) is 10.1 Å². The minimum atomic E-state index is -0.403. The Morgan fingerprint density at radius 1 is 1.33 bits per heavy atom.